The highest BCUT2D eigenvalue weighted by Crippen LogP contribution is 2.36. The molecular weight excluding hydrogens is 258 g/mol. The van der Waals surface area contributed by atoms with Crippen LogP contribution in [0.2, 0.25) is 0 Å². The van der Waals surface area contributed by atoms with Crippen LogP contribution >= 0.6 is 0 Å². The molecule has 2 aromatic rings. The molecule has 0 unspecified atom stereocenters. The van der Waals surface area contributed by atoms with Crippen LogP contribution in [0.15, 0.2) is 47.3 Å². The lowest BCUT2D eigenvalue weighted by molar-refractivity contribution is -0.00161. The Morgan fingerprint density at radius 2 is 2.20 bits per heavy atom. The second kappa shape index (κ2) is 5.02. The van der Waals surface area contributed by atoms with Crippen molar-refractivity contribution in [1.29, 1.82) is 0 Å². The van der Waals surface area contributed by atoms with Gasteiger partial charge in [-0.1, -0.05) is 18.2 Å². The lowest BCUT2D eigenvalue weighted by atomic mass is 9.88. The van der Waals surface area contributed by atoms with E-state index in [4.69, 9.17) is 9.15 Å². The lowest BCUT2D eigenvalue weighted by Crippen LogP contribution is -2.43. The van der Waals surface area contributed by atoms with E-state index in [-0.39, 0.29) is 12.5 Å². The number of aliphatic hydroxyl groups is 1. The average molecular weight is 273 g/mol. The third kappa shape index (κ3) is 2.28. The molecule has 0 bridgehead atoms. The number of carbonyl (C=O) groups excluding carboxylic acids is 1. The first-order valence-electron chi connectivity index (χ1n) is 6.44. The molecule has 1 aromatic heterocycles. The van der Waals surface area contributed by atoms with Crippen LogP contribution < -0.4 is 10.1 Å². The molecule has 0 fully saturated rings. The Hall–Kier alpha value is -2.27. The monoisotopic (exact) mass is 273 g/mol. The second-order valence-corrected chi connectivity index (χ2v) is 4.82. The van der Waals surface area contributed by atoms with E-state index in [0.29, 0.717) is 29.9 Å². The van der Waals surface area contributed by atoms with Crippen molar-refractivity contribution in [3.05, 3.63) is 54.0 Å². The number of ether oxygens (including phenoxy) is 1. The van der Waals surface area contributed by atoms with Crippen LogP contribution in [0.3, 0.4) is 0 Å². The van der Waals surface area contributed by atoms with Crippen LogP contribution in [0, 0.1) is 0 Å². The lowest BCUT2D eigenvalue weighted by Gasteiger charge is -2.34. The van der Waals surface area contributed by atoms with Gasteiger partial charge in [0.25, 0.3) is 5.91 Å². The van der Waals surface area contributed by atoms with Crippen molar-refractivity contribution in [2.45, 2.75) is 12.0 Å². The van der Waals surface area contributed by atoms with Crippen molar-refractivity contribution in [2.24, 2.45) is 0 Å². The van der Waals surface area contributed by atoms with Gasteiger partial charge in [-0.2, -0.15) is 0 Å². The summed E-state index contributed by atoms with van der Waals surface area (Å²) in [7, 11) is 0. The maximum absolute atomic E-state index is 11.9. The summed E-state index contributed by atoms with van der Waals surface area (Å²) in [6.07, 6.45) is 3.25. The fourth-order valence-corrected chi connectivity index (χ4v) is 2.35. The minimum Gasteiger partial charge on any atom is -0.493 e. The van der Waals surface area contributed by atoms with E-state index in [2.05, 4.69) is 5.32 Å². The summed E-state index contributed by atoms with van der Waals surface area (Å²) < 4.78 is 10.4. The largest absolute Gasteiger partial charge is 0.493 e. The molecule has 1 aromatic carbocycles. The molecule has 3 rings (SSSR count). The van der Waals surface area contributed by atoms with Crippen LogP contribution in [0.4, 0.5) is 0 Å². The van der Waals surface area contributed by atoms with Crippen LogP contribution in [0.1, 0.15) is 22.3 Å². The smallest absolute Gasteiger partial charge is 0.254 e. The van der Waals surface area contributed by atoms with Crippen LogP contribution in [0.5, 0.6) is 5.75 Å². The molecule has 1 aliphatic heterocycles. The molecule has 1 aliphatic rings. The SMILES string of the molecule is O=C(NC[C@@]1(O)CCOc2ccccc21)c1ccoc1. The number of hydrogen-bond donors (Lipinski definition) is 2. The number of fused-ring (bicyclic) bond motifs is 1. The molecule has 0 saturated heterocycles. The van der Waals surface area contributed by atoms with E-state index in [0.717, 1.165) is 0 Å². The zero-order valence-electron chi connectivity index (χ0n) is 10.8. The maximum Gasteiger partial charge on any atom is 0.254 e. The zero-order valence-corrected chi connectivity index (χ0v) is 10.8. The molecule has 1 atom stereocenters. The second-order valence-electron chi connectivity index (χ2n) is 4.82. The summed E-state index contributed by atoms with van der Waals surface area (Å²) in [6, 6.07) is 8.91. The molecular formula is C15H15NO4. The van der Waals surface area contributed by atoms with Gasteiger partial charge in [-0.05, 0) is 12.1 Å². The summed E-state index contributed by atoms with van der Waals surface area (Å²) in [6.45, 7) is 0.562. The fraction of sp³-hybridized carbons (Fsp3) is 0.267. The Labute approximate surface area is 116 Å². The van der Waals surface area contributed by atoms with Crippen molar-refractivity contribution in [1.82, 2.24) is 5.32 Å². The van der Waals surface area contributed by atoms with Gasteiger partial charge in [-0.25, -0.2) is 0 Å². The van der Waals surface area contributed by atoms with Gasteiger partial charge in [0.05, 0.1) is 25.0 Å². The molecule has 0 radical (unpaired) electrons. The molecule has 2 heterocycles. The highest BCUT2D eigenvalue weighted by atomic mass is 16.5. The topological polar surface area (TPSA) is 71.7 Å². The first-order chi connectivity index (χ1) is 9.69. The number of carbonyl (C=O) groups is 1. The van der Waals surface area contributed by atoms with Gasteiger partial charge in [-0.3, -0.25) is 4.79 Å². The first-order valence-corrected chi connectivity index (χ1v) is 6.44. The molecule has 2 N–H and O–H groups in total. The Balaban J connectivity index is 1.76. The van der Waals surface area contributed by atoms with Crippen molar-refractivity contribution >= 4 is 5.91 Å². The summed E-state index contributed by atoms with van der Waals surface area (Å²) in [5.41, 5.74) is 0.0431. The number of para-hydroxylation sites is 1. The summed E-state index contributed by atoms with van der Waals surface area (Å²) in [5, 5.41) is 13.5. The average Bonchev–Trinajstić information content (AvgIpc) is 3.00. The molecule has 20 heavy (non-hydrogen) atoms. The number of furan rings is 1. The van der Waals surface area contributed by atoms with Gasteiger partial charge in [0.1, 0.15) is 17.6 Å². The zero-order chi connectivity index (χ0) is 14.0. The molecule has 0 saturated carbocycles. The van der Waals surface area contributed by atoms with Gasteiger partial charge in [-0.15, -0.1) is 0 Å². The third-order valence-corrected chi connectivity index (χ3v) is 3.49. The van der Waals surface area contributed by atoms with Crippen LogP contribution in [-0.4, -0.2) is 24.2 Å². The van der Waals surface area contributed by atoms with Crippen LogP contribution in [0.25, 0.3) is 0 Å². The fourth-order valence-electron chi connectivity index (χ4n) is 2.35. The quantitative estimate of drug-likeness (QED) is 0.892. The number of nitrogens with one attached hydrogen (secondary N) is 1. The molecule has 5 nitrogen and oxygen atoms in total. The van der Waals surface area contributed by atoms with Gasteiger partial charge >= 0.3 is 0 Å². The van der Waals surface area contributed by atoms with Gasteiger partial charge < -0.3 is 19.6 Å². The summed E-state index contributed by atoms with van der Waals surface area (Å²) in [4.78, 5) is 11.9. The first kappa shape index (κ1) is 12.7. The van der Waals surface area contributed by atoms with Crippen molar-refractivity contribution in [3.63, 3.8) is 0 Å². The van der Waals surface area contributed by atoms with Gasteiger partial charge in [0.15, 0.2) is 0 Å². The summed E-state index contributed by atoms with van der Waals surface area (Å²) in [5.74, 6) is 0.398. The number of rotatable bonds is 3. The third-order valence-electron chi connectivity index (χ3n) is 3.49. The van der Waals surface area contributed by atoms with Crippen molar-refractivity contribution in [3.8, 4) is 5.75 Å². The van der Waals surface area contributed by atoms with Crippen molar-refractivity contribution in [2.75, 3.05) is 13.2 Å². The number of amides is 1. The van der Waals surface area contributed by atoms with E-state index < -0.39 is 5.60 Å². The summed E-state index contributed by atoms with van der Waals surface area (Å²) >= 11 is 0. The Bertz CT molecular complexity index is 608. The van der Waals surface area contributed by atoms with E-state index in [1.165, 1.54) is 12.5 Å². The van der Waals surface area contributed by atoms with Gasteiger partial charge in [0, 0.05) is 12.0 Å². The molecule has 0 spiro atoms. The van der Waals surface area contributed by atoms with E-state index in [1.807, 2.05) is 24.3 Å². The van der Waals surface area contributed by atoms with E-state index in [1.54, 1.807) is 6.07 Å². The Morgan fingerprint density at radius 1 is 1.35 bits per heavy atom. The Kier molecular flexibility index (Phi) is 3.20. The standard InChI is InChI=1S/C15H15NO4/c17-14(11-5-7-19-9-11)16-10-15(18)6-8-20-13-4-2-1-3-12(13)15/h1-5,7,9,18H,6,8,10H2,(H,16,17)/t15-/m0/s1. The molecule has 104 valence electrons. The van der Waals surface area contributed by atoms with Crippen molar-refractivity contribution < 1.29 is 19.1 Å². The predicted molar refractivity (Wildman–Crippen MR) is 71.5 cm³/mol. The highest BCUT2D eigenvalue weighted by Gasteiger charge is 2.35. The number of benzene rings is 1. The van der Waals surface area contributed by atoms with Crippen LogP contribution in [-0.2, 0) is 5.60 Å². The van der Waals surface area contributed by atoms with Gasteiger partial charge in [0.2, 0.25) is 0 Å². The Morgan fingerprint density at radius 3 is 3.00 bits per heavy atom. The molecule has 0 aliphatic carbocycles. The minimum absolute atomic E-state index is 0.136. The highest BCUT2D eigenvalue weighted by molar-refractivity contribution is 5.93. The number of hydrogen-bond acceptors (Lipinski definition) is 4. The predicted octanol–water partition coefficient (Wildman–Crippen LogP) is 1.68. The van der Waals surface area contributed by atoms with E-state index >= 15 is 0 Å². The maximum atomic E-state index is 11.9. The van der Waals surface area contributed by atoms with E-state index in [9.17, 15) is 9.90 Å². The molecule has 1 amide bonds. The molecule has 5 heteroatoms. The normalized spacial score (nSPS) is 20.9. The minimum atomic E-state index is -1.10.